The maximum absolute atomic E-state index is 14.5. The Labute approximate surface area is 536 Å². The molecular weight excluding hydrogens is 1330 g/mol. The molecule has 0 aromatic heterocycles. The van der Waals surface area contributed by atoms with Crippen LogP contribution < -0.4 is 30.7 Å². The Morgan fingerprint density at radius 3 is 2.23 bits per heavy atom. The number of methoxy groups -OCH3 is 5. The van der Waals surface area contributed by atoms with E-state index in [2.05, 4.69) is 10.8 Å². The molecule has 0 radical (unpaired) electrons. The second-order valence-corrected chi connectivity index (χ2v) is 28.3. The molecule has 2 amide bonds. The molecule has 2 saturated carbocycles. The van der Waals surface area contributed by atoms with Gasteiger partial charge in [-0.05, 0) is 75.3 Å². The van der Waals surface area contributed by atoms with Gasteiger partial charge in [0, 0.05) is 65.5 Å². The van der Waals surface area contributed by atoms with Crippen molar-refractivity contribution in [1.29, 1.82) is 0 Å². The summed E-state index contributed by atoms with van der Waals surface area (Å²) in [5, 5.41) is 59.8. The predicted molar refractivity (Wildman–Crippen MR) is 326 cm³/mol. The second-order valence-electron chi connectivity index (χ2n) is 23.2. The number of nitrogens with one attached hydrogen (secondary N) is 2. The summed E-state index contributed by atoms with van der Waals surface area (Å²) in [5.41, 5.74) is 5.15. The number of amides is 2. The lowest BCUT2D eigenvalue weighted by Crippen LogP contribution is -2.70. The fourth-order valence-electron chi connectivity index (χ4n) is 13.0. The number of hydroxylamine groups is 1. The second kappa shape index (κ2) is 29.1. The number of aliphatic hydroxyl groups is 5. The van der Waals surface area contributed by atoms with Crippen molar-refractivity contribution < 1.29 is 111 Å². The number of thioether (sulfide) groups is 1. The van der Waals surface area contributed by atoms with Gasteiger partial charge in [0.1, 0.15) is 42.3 Å². The number of ether oxygens (including phenoxy) is 12. The van der Waals surface area contributed by atoms with E-state index in [1.165, 1.54) is 57.0 Å². The van der Waals surface area contributed by atoms with E-state index in [4.69, 9.17) is 67.4 Å². The molecule has 4 aliphatic heterocycles. The lowest BCUT2D eigenvalue weighted by molar-refractivity contribution is -0.344. The monoisotopic (exact) mass is 1410 g/mol. The number of ketones is 1. The number of carbonyl (C=O) groups excluding carboxylic acids is 5. The standard InChI is InChI=1S/C57H83IN4O23S3/c1-13-62(29(6)64)30-23-78-36(21-32(30)73-8)83-47-42(68)40(26(3)80-52(47)82-35-14-16-56(35)33(15-19-86-88-54(7,59)17-18-63)55(72)22-34(66)57(56,24-55)60-53(71)77-12)61-85-37-20-31(65)49(28(5)79-37)87-50(70)38-25(2)39(58)45(48(76-11)44(38)74-9)84-51-43(69)46(75-10)41(67)27(4)81-51/h14-16,18,26-28,30-32,35-37,40-43,46-47,49,51-52,61,65,67-69,72H,13,17,19-24,59H2,1-12H3,(H,60,71)/b33-15-/t26?,27?,28?,30?,31?,32?,35-,36?,37?,40?,41?,42?,43?,46?,47?,49?,51?,52?,54?,55?,56?,57?/m0/s1. The van der Waals surface area contributed by atoms with Crippen molar-refractivity contribution in [2.24, 2.45) is 11.1 Å². The maximum atomic E-state index is 14.5. The quantitative estimate of drug-likeness (QED) is 0.0140. The molecule has 4 saturated heterocycles. The summed E-state index contributed by atoms with van der Waals surface area (Å²) < 4.78 is 72.9. The van der Waals surface area contributed by atoms with Crippen LogP contribution in [0.25, 0.3) is 0 Å². The van der Waals surface area contributed by atoms with Gasteiger partial charge in [0.05, 0.1) is 107 Å². The van der Waals surface area contributed by atoms with Crippen molar-refractivity contribution in [3.63, 3.8) is 0 Å². The number of halogens is 1. The highest BCUT2D eigenvalue weighted by molar-refractivity contribution is 14.1. The number of aldehydes is 1. The maximum Gasteiger partial charge on any atom is 0.407 e. The Hall–Kier alpha value is -3.01. The normalized spacial score (nSPS) is 38.9. The third-order valence-electron chi connectivity index (χ3n) is 17.6. The molecule has 31 heteroatoms. The van der Waals surface area contributed by atoms with Gasteiger partial charge in [-0.1, -0.05) is 51.6 Å². The van der Waals surface area contributed by atoms with E-state index < -0.39 is 148 Å². The first-order chi connectivity index (χ1) is 41.6. The van der Waals surface area contributed by atoms with Crippen molar-refractivity contribution in [1.82, 2.24) is 15.7 Å². The number of benzene rings is 1. The van der Waals surface area contributed by atoms with Gasteiger partial charge in [-0.2, -0.15) is 5.48 Å². The van der Waals surface area contributed by atoms with Crippen LogP contribution in [0.2, 0.25) is 0 Å². The van der Waals surface area contributed by atoms with Crippen LogP contribution in [0.4, 0.5) is 4.79 Å². The van der Waals surface area contributed by atoms with Crippen LogP contribution in [-0.2, 0) is 61.9 Å². The number of nitrogens with two attached hydrogens (primary N) is 1. The molecule has 1 aromatic rings. The van der Waals surface area contributed by atoms with E-state index >= 15 is 0 Å². The van der Waals surface area contributed by atoms with Crippen molar-refractivity contribution in [2.45, 2.75) is 206 Å². The van der Waals surface area contributed by atoms with Crippen molar-refractivity contribution in [3.05, 3.63) is 38.5 Å². The Morgan fingerprint density at radius 1 is 0.920 bits per heavy atom. The zero-order valence-electron chi connectivity index (χ0n) is 51.1. The van der Waals surface area contributed by atoms with E-state index in [0.29, 0.717) is 21.3 Å². The van der Waals surface area contributed by atoms with E-state index in [9.17, 15) is 49.5 Å². The van der Waals surface area contributed by atoms with Gasteiger partial charge in [0.2, 0.25) is 23.1 Å². The van der Waals surface area contributed by atoms with Crippen LogP contribution in [0.5, 0.6) is 17.2 Å². The number of aliphatic hydroxyl groups excluding tert-OH is 4. The van der Waals surface area contributed by atoms with Crippen LogP contribution >= 0.6 is 55.9 Å². The lowest BCUT2D eigenvalue weighted by atomic mass is 9.56. The first-order valence-electron chi connectivity index (χ1n) is 28.9. The average molecular weight is 1420 g/mol. The highest BCUT2D eigenvalue weighted by atomic mass is 127. The third kappa shape index (κ3) is 13.7. The summed E-state index contributed by atoms with van der Waals surface area (Å²) in [6, 6.07) is -1.58. The summed E-state index contributed by atoms with van der Waals surface area (Å²) in [6.07, 6.45) is -12.5. The molecule has 22 atom stereocenters. The first-order valence-corrected chi connectivity index (χ1v) is 33.1. The van der Waals surface area contributed by atoms with Crippen molar-refractivity contribution in [2.75, 3.05) is 54.5 Å². The summed E-state index contributed by atoms with van der Waals surface area (Å²) in [4.78, 5) is 72.8. The number of rotatable bonds is 24. The van der Waals surface area contributed by atoms with Crippen LogP contribution in [0.15, 0.2) is 23.8 Å². The van der Waals surface area contributed by atoms with Gasteiger partial charge in [0.15, 0.2) is 36.2 Å². The van der Waals surface area contributed by atoms with Crippen LogP contribution in [0.3, 0.4) is 0 Å². The topological polar surface area (TPSA) is 360 Å². The van der Waals surface area contributed by atoms with E-state index in [-0.39, 0.29) is 73.2 Å². The van der Waals surface area contributed by atoms with E-state index in [1.807, 2.05) is 29.5 Å². The number of alkyl carbamates (subject to hydrolysis) is 1. The van der Waals surface area contributed by atoms with Crippen molar-refractivity contribution >= 4 is 85.1 Å². The molecule has 7 aliphatic rings. The molecule has 21 unspecified atom stereocenters. The van der Waals surface area contributed by atoms with Gasteiger partial charge in [0.25, 0.3) is 0 Å². The average Bonchev–Trinajstić information content (AvgIpc) is 1.48. The number of fused-ring (bicyclic) bond motifs is 3. The number of hydrogen-bond acceptors (Lipinski definition) is 28. The molecular formula is C57H83IN4O23S3. The van der Waals surface area contributed by atoms with Gasteiger partial charge in [-0.3, -0.25) is 19.2 Å². The first kappa shape index (κ1) is 70.9. The molecule has 1 aromatic carbocycles. The minimum Gasteiger partial charge on any atom is -0.492 e. The number of hydrogen-bond donors (Lipinski definition) is 8. The molecule has 88 heavy (non-hydrogen) atoms. The molecule has 9 N–H and O–H groups in total. The summed E-state index contributed by atoms with van der Waals surface area (Å²) in [6.45, 7) is 12.0. The largest absolute Gasteiger partial charge is 0.492 e. The fourth-order valence-corrected chi connectivity index (χ4v) is 16.9. The molecule has 27 nitrogen and oxygen atoms in total. The molecule has 6 fully saturated rings. The predicted octanol–water partition coefficient (Wildman–Crippen LogP) is 2.31. The molecule has 1 spiro atoms. The number of carbonyl (C=O) groups is 5. The minimum atomic E-state index is -1.76. The van der Waals surface area contributed by atoms with E-state index in [1.54, 1.807) is 57.7 Å². The highest BCUT2D eigenvalue weighted by Crippen LogP contribution is 2.68. The van der Waals surface area contributed by atoms with Gasteiger partial charge in [-0.15, -0.1) is 0 Å². The van der Waals surface area contributed by atoms with Gasteiger partial charge < -0.3 is 103 Å². The lowest BCUT2D eigenvalue weighted by Gasteiger charge is -2.55. The summed E-state index contributed by atoms with van der Waals surface area (Å²) >= 11 is 2.81. The Balaban J connectivity index is 1.01. The third-order valence-corrected chi connectivity index (χ3v) is 23.1. The van der Waals surface area contributed by atoms with Gasteiger partial charge >= 0.3 is 6.09 Å². The zero-order chi connectivity index (χ0) is 64.5. The Morgan fingerprint density at radius 2 is 1.62 bits per heavy atom. The smallest absolute Gasteiger partial charge is 0.407 e. The summed E-state index contributed by atoms with van der Waals surface area (Å²) in [5.74, 6) is -0.244. The van der Waals surface area contributed by atoms with Crippen molar-refractivity contribution in [3.8, 4) is 17.2 Å². The van der Waals surface area contributed by atoms with Crippen LogP contribution in [0.1, 0.15) is 89.6 Å². The SMILES string of the molecule is CCN(C(C)=O)C1COC(OC2C(O[C@H]3C=CC34/C(=C\CSSC(C)(N)CC=O)C3(O)CC(=O)C4(NC(=O)OC)C3)OC(C)C(NOC3CC(O)C(SC(=O)c4c(C)c(I)c(OC5OC(C)C(O)C(OC)C5O)c(OC)c4OC)C(C)O3)C2O)CC1OC. The Bertz CT molecular complexity index is 2760. The number of Topliss-reactive ketones (excluding diaryl/α,β-unsaturated/α-hetero) is 1. The summed E-state index contributed by atoms with van der Waals surface area (Å²) in [7, 11) is 9.33. The van der Waals surface area contributed by atoms with Gasteiger partial charge in [-0.25, -0.2) is 4.79 Å². The number of likely N-dealkylation sites (N-methyl/N-ethyl adjacent to an activating group) is 1. The molecule has 494 valence electrons. The Kier molecular flexibility index (Phi) is 23.4. The number of nitrogens with zero attached hydrogens (tertiary/aromatic N) is 1. The molecule has 8 rings (SSSR count). The molecule has 4 heterocycles. The zero-order valence-corrected chi connectivity index (χ0v) is 55.7. The van der Waals surface area contributed by atoms with E-state index in [0.717, 1.165) is 25.2 Å². The highest BCUT2D eigenvalue weighted by Gasteiger charge is 2.79. The fraction of sp³-hybridized carbons (Fsp3) is 0.737. The molecule has 3 aliphatic carbocycles. The molecule has 2 bridgehead atoms. The minimum absolute atomic E-state index is 0.00352. The van der Waals surface area contributed by atoms with Crippen LogP contribution in [-0.4, -0.2) is 240 Å². The van der Waals surface area contributed by atoms with Crippen LogP contribution in [0, 0.1) is 15.9 Å².